The first-order chi connectivity index (χ1) is 6.76. The van der Waals surface area contributed by atoms with E-state index in [1.807, 2.05) is 0 Å². The van der Waals surface area contributed by atoms with Crippen molar-refractivity contribution < 1.29 is 24.8 Å². The highest BCUT2D eigenvalue weighted by atomic mass is 16.6. The normalized spacial score (nSPS) is 13.1. The molecule has 5 heteroatoms. The van der Waals surface area contributed by atoms with Gasteiger partial charge in [0.05, 0.1) is 13.5 Å². The topological polar surface area (TPSA) is 80.2 Å². The molecule has 0 amide bonds. The molecular formula is C10H20NO4+. The molecule has 0 aliphatic carbocycles. The van der Waals surface area contributed by atoms with Gasteiger partial charge in [-0.05, 0) is 20.8 Å². The van der Waals surface area contributed by atoms with Gasteiger partial charge in [0.1, 0.15) is 5.60 Å². The number of quaternary nitrogens is 1. The number of carbonyl (C=O) groups is 2. The Labute approximate surface area is 89.9 Å². The van der Waals surface area contributed by atoms with Gasteiger partial charge in [0.2, 0.25) is 0 Å². The summed E-state index contributed by atoms with van der Waals surface area (Å²) in [6.45, 7) is 5.37. The summed E-state index contributed by atoms with van der Waals surface area (Å²) in [7, 11) is 1.31. The van der Waals surface area contributed by atoms with Gasteiger partial charge in [0.15, 0.2) is 6.04 Å². The molecule has 0 unspecified atom stereocenters. The summed E-state index contributed by atoms with van der Waals surface area (Å²) >= 11 is 0. The van der Waals surface area contributed by atoms with Crippen LogP contribution in [0.5, 0.6) is 0 Å². The van der Waals surface area contributed by atoms with E-state index in [2.05, 4.69) is 10.5 Å². The second kappa shape index (κ2) is 5.70. The van der Waals surface area contributed by atoms with E-state index in [-0.39, 0.29) is 18.4 Å². The lowest BCUT2D eigenvalue weighted by atomic mass is 10.1. The van der Waals surface area contributed by atoms with Crippen molar-refractivity contribution in [3.05, 3.63) is 0 Å². The van der Waals surface area contributed by atoms with Gasteiger partial charge in [-0.3, -0.25) is 4.79 Å². The van der Waals surface area contributed by atoms with Crippen molar-refractivity contribution in [2.45, 2.75) is 45.3 Å². The third kappa shape index (κ3) is 6.90. The summed E-state index contributed by atoms with van der Waals surface area (Å²) in [6, 6.07) is -0.525. The van der Waals surface area contributed by atoms with E-state index in [1.165, 1.54) is 7.11 Å². The SMILES string of the molecule is COC(=O)CC[C@H]([NH3+])C(=O)OC(C)(C)C. The summed E-state index contributed by atoms with van der Waals surface area (Å²) < 4.78 is 9.57. The fourth-order valence-corrected chi connectivity index (χ4v) is 0.897. The quantitative estimate of drug-likeness (QED) is 0.668. The van der Waals surface area contributed by atoms with E-state index in [1.54, 1.807) is 20.8 Å². The van der Waals surface area contributed by atoms with Crippen LogP contribution in [-0.4, -0.2) is 30.7 Å². The molecule has 0 heterocycles. The highest BCUT2D eigenvalue weighted by Gasteiger charge is 2.25. The molecule has 3 N–H and O–H groups in total. The lowest BCUT2D eigenvalue weighted by Gasteiger charge is -2.20. The van der Waals surface area contributed by atoms with Crippen LogP contribution in [0.25, 0.3) is 0 Å². The predicted octanol–water partition coefficient (Wildman–Crippen LogP) is -0.108. The molecule has 0 radical (unpaired) electrons. The zero-order valence-electron chi connectivity index (χ0n) is 9.83. The Bertz CT molecular complexity index is 232. The number of rotatable bonds is 4. The second-order valence-electron chi connectivity index (χ2n) is 4.35. The smallest absolute Gasteiger partial charge is 0.365 e. The van der Waals surface area contributed by atoms with Gasteiger partial charge in [-0.25, -0.2) is 4.79 Å². The van der Waals surface area contributed by atoms with Gasteiger partial charge >= 0.3 is 11.9 Å². The Hall–Kier alpha value is -1.10. The van der Waals surface area contributed by atoms with Gasteiger partial charge in [0, 0.05) is 6.42 Å². The zero-order chi connectivity index (χ0) is 12.1. The monoisotopic (exact) mass is 218 g/mol. The molecule has 1 atom stereocenters. The van der Waals surface area contributed by atoms with Crippen LogP contribution in [0.15, 0.2) is 0 Å². The molecule has 0 aliphatic heterocycles. The van der Waals surface area contributed by atoms with E-state index < -0.39 is 11.6 Å². The van der Waals surface area contributed by atoms with Gasteiger partial charge in [-0.15, -0.1) is 0 Å². The molecule has 0 bridgehead atoms. The van der Waals surface area contributed by atoms with Crippen LogP contribution in [-0.2, 0) is 19.1 Å². The van der Waals surface area contributed by atoms with E-state index in [0.29, 0.717) is 6.42 Å². The second-order valence-corrected chi connectivity index (χ2v) is 4.35. The van der Waals surface area contributed by atoms with Crippen LogP contribution < -0.4 is 5.73 Å². The molecule has 0 spiro atoms. The maximum Gasteiger partial charge on any atom is 0.365 e. The average Bonchev–Trinajstić information content (AvgIpc) is 2.10. The summed E-state index contributed by atoms with van der Waals surface area (Å²) in [4.78, 5) is 22.2. The Morgan fingerprint density at radius 3 is 2.27 bits per heavy atom. The number of methoxy groups -OCH3 is 1. The molecule has 88 valence electrons. The minimum absolute atomic E-state index is 0.184. The van der Waals surface area contributed by atoms with E-state index in [0.717, 1.165) is 0 Å². The van der Waals surface area contributed by atoms with Crippen LogP contribution >= 0.6 is 0 Å². The number of carbonyl (C=O) groups excluding carboxylic acids is 2. The Morgan fingerprint density at radius 1 is 1.33 bits per heavy atom. The third-order valence-corrected chi connectivity index (χ3v) is 1.66. The van der Waals surface area contributed by atoms with Crippen molar-refractivity contribution in [3.63, 3.8) is 0 Å². The fourth-order valence-electron chi connectivity index (χ4n) is 0.897. The Balaban J connectivity index is 3.95. The average molecular weight is 218 g/mol. The molecule has 15 heavy (non-hydrogen) atoms. The van der Waals surface area contributed by atoms with Gasteiger partial charge in [-0.2, -0.15) is 0 Å². The number of hydrogen-bond donors (Lipinski definition) is 1. The van der Waals surface area contributed by atoms with Crippen LogP contribution in [0, 0.1) is 0 Å². The van der Waals surface area contributed by atoms with Crippen molar-refractivity contribution in [1.29, 1.82) is 0 Å². The molecule has 0 aromatic carbocycles. The molecule has 0 saturated heterocycles. The lowest BCUT2D eigenvalue weighted by molar-refractivity contribution is -0.410. The summed E-state index contributed by atoms with van der Waals surface area (Å²) in [5.74, 6) is -0.724. The minimum atomic E-state index is -0.525. The predicted molar refractivity (Wildman–Crippen MR) is 53.8 cm³/mol. The van der Waals surface area contributed by atoms with E-state index in [4.69, 9.17) is 4.74 Å². The molecule has 0 aromatic rings. The molecule has 0 aromatic heterocycles. The van der Waals surface area contributed by atoms with Gasteiger partial charge < -0.3 is 15.2 Å². The summed E-state index contributed by atoms with van der Waals surface area (Å²) in [5, 5.41) is 0. The third-order valence-electron chi connectivity index (χ3n) is 1.66. The summed E-state index contributed by atoms with van der Waals surface area (Å²) in [6.07, 6.45) is 0.533. The maximum atomic E-state index is 11.4. The lowest BCUT2D eigenvalue weighted by Crippen LogP contribution is -2.66. The van der Waals surface area contributed by atoms with Crippen LogP contribution in [0.4, 0.5) is 0 Å². The Kier molecular flexibility index (Phi) is 5.28. The highest BCUT2D eigenvalue weighted by Crippen LogP contribution is 2.09. The van der Waals surface area contributed by atoms with Crippen LogP contribution in [0.3, 0.4) is 0 Å². The zero-order valence-corrected chi connectivity index (χ0v) is 9.83. The fraction of sp³-hybridized carbons (Fsp3) is 0.800. The first-order valence-electron chi connectivity index (χ1n) is 4.89. The Morgan fingerprint density at radius 2 is 1.87 bits per heavy atom. The van der Waals surface area contributed by atoms with Crippen molar-refractivity contribution in [1.82, 2.24) is 0 Å². The van der Waals surface area contributed by atoms with Crippen LogP contribution in [0.2, 0.25) is 0 Å². The maximum absolute atomic E-state index is 11.4. The van der Waals surface area contributed by atoms with Crippen molar-refractivity contribution in [2.75, 3.05) is 7.11 Å². The number of ether oxygens (including phenoxy) is 2. The summed E-state index contributed by atoms with van der Waals surface area (Å²) in [5.41, 5.74) is 3.13. The number of esters is 2. The molecular weight excluding hydrogens is 198 g/mol. The molecule has 0 aliphatic rings. The highest BCUT2D eigenvalue weighted by molar-refractivity contribution is 5.76. The molecule has 0 saturated carbocycles. The van der Waals surface area contributed by atoms with E-state index >= 15 is 0 Å². The first kappa shape index (κ1) is 13.9. The molecule has 0 fully saturated rings. The van der Waals surface area contributed by atoms with Crippen molar-refractivity contribution in [2.24, 2.45) is 0 Å². The minimum Gasteiger partial charge on any atom is -0.469 e. The van der Waals surface area contributed by atoms with Crippen molar-refractivity contribution >= 4 is 11.9 Å². The first-order valence-corrected chi connectivity index (χ1v) is 4.89. The van der Waals surface area contributed by atoms with Gasteiger partial charge in [0.25, 0.3) is 0 Å². The van der Waals surface area contributed by atoms with Crippen LogP contribution in [0.1, 0.15) is 33.6 Å². The largest absolute Gasteiger partial charge is 0.469 e. The number of hydrogen-bond acceptors (Lipinski definition) is 4. The van der Waals surface area contributed by atoms with Crippen molar-refractivity contribution in [3.8, 4) is 0 Å². The van der Waals surface area contributed by atoms with Gasteiger partial charge in [-0.1, -0.05) is 0 Å². The standard InChI is InChI=1S/C10H19NO4/c1-10(2,3)15-9(13)7(11)5-6-8(12)14-4/h7H,5-6,11H2,1-4H3/p+1/t7-/m0/s1. The van der Waals surface area contributed by atoms with E-state index in [9.17, 15) is 9.59 Å². The molecule has 0 rings (SSSR count). The molecule has 5 nitrogen and oxygen atoms in total.